The van der Waals surface area contributed by atoms with Crippen molar-refractivity contribution in [2.75, 3.05) is 12.8 Å². The molecule has 1 fully saturated rings. The zero-order valence-corrected chi connectivity index (χ0v) is 14.0. The summed E-state index contributed by atoms with van der Waals surface area (Å²) < 4.78 is 11.8. The minimum atomic E-state index is -1.49. The molecule has 2 aliphatic rings. The van der Waals surface area contributed by atoms with Crippen molar-refractivity contribution in [2.24, 2.45) is 0 Å². The molecule has 0 amide bonds. The number of hydrogen-bond acceptors (Lipinski definition) is 4. The Hall–Kier alpha value is 0.361. The van der Waals surface area contributed by atoms with E-state index in [4.69, 9.17) is 0 Å². The number of allylic oxidation sites excluding steroid dienone is 2. The molecule has 7 heteroatoms. The van der Waals surface area contributed by atoms with Crippen LogP contribution in [0.4, 0.5) is 0 Å². The van der Waals surface area contributed by atoms with Crippen molar-refractivity contribution in [3.63, 3.8) is 0 Å². The fourth-order valence-corrected chi connectivity index (χ4v) is 17.9. The SMILES string of the molecule is CN1[SiH](C)N[SiH2]N[Si]1(C)C1=CC=CCS1. The van der Waals surface area contributed by atoms with Crippen LogP contribution in [0.15, 0.2) is 22.8 Å². The van der Waals surface area contributed by atoms with E-state index >= 15 is 0 Å². The van der Waals surface area contributed by atoms with Crippen molar-refractivity contribution in [1.29, 1.82) is 0 Å². The van der Waals surface area contributed by atoms with Crippen molar-refractivity contribution in [3.8, 4) is 0 Å². The van der Waals surface area contributed by atoms with E-state index in [1.807, 2.05) is 11.8 Å². The van der Waals surface area contributed by atoms with Crippen LogP contribution in [0.2, 0.25) is 13.1 Å². The molecule has 3 nitrogen and oxygen atoms in total. The van der Waals surface area contributed by atoms with Crippen LogP contribution in [0.25, 0.3) is 0 Å². The number of nitrogens with one attached hydrogen (secondary N) is 2. The molecule has 2 aliphatic heterocycles. The molecule has 0 radical (unpaired) electrons. The average molecular weight is 274 g/mol. The highest BCUT2D eigenvalue weighted by Gasteiger charge is 2.42. The van der Waals surface area contributed by atoms with E-state index < -0.39 is 17.5 Å². The first-order chi connectivity index (χ1) is 7.14. The normalized spacial score (nSPS) is 39.4. The van der Waals surface area contributed by atoms with Gasteiger partial charge >= 0.3 is 0 Å². The first kappa shape index (κ1) is 11.8. The van der Waals surface area contributed by atoms with E-state index in [1.165, 1.54) is 0 Å². The van der Waals surface area contributed by atoms with Crippen LogP contribution in [0.3, 0.4) is 0 Å². The summed E-state index contributed by atoms with van der Waals surface area (Å²) in [5.74, 6) is 1.15. The van der Waals surface area contributed by atoms with Gasteiger partial charge in [0.15, 0.2) is 19.0 Å². The molecule has 2 unspecified atom stereocenters. The fraction of sp³-hybridized carbons (Fsp3) is 0.500. The van der Waals surface area contributed by atoms with Crippen molar-refractivity contribution >= 4 is 39.1 Å². The predicted octanol–water partition coefficient (Wildman–Crippen LogP) is -0.242. The van der Waals surface area contributed by atoms with Crippen LogP contribution < -0.4 is 9.30 Å². The second-order valence-electron chi connectivity index (χ2n) is 4.19. The topological polar surface area (TPSA) is 27.3 Å². The van der Waals surface area contributed by atoms with Gasteiger partial charge < -0.3 is 13.5 Å². The Morgan fingerprint density at radius 3 is 3.13 bits per heavy atom. The molecule has 2 N–H and O–H groups in total. The number of nitrogens with zero attached hydrogens (tertiary/aromatic N) is 1. The zero-order chi connectivity index (χ0) is 10.9. The summed E-state index contributed by atoms with van der Waals surface area (Å²) in [4.78, 5) is 0. The van der Waals surface area contributed by atoms with E-state index in [0.29, 0.717) is 0 Å². The second-order valence-corrected chi connectivity index (χ2v) is 15.0. The van der Waals surface area contributed by atoms with Crippen molar-refractivity contribution in [3.05, 3.63) is 22.8 Å². The van der Waals surface area contributed by atoms with Gasteiger partial charge in [-0.05, 0) is 20.1 Å². The van der Waals surface area contributed by atoms with Gasteiger partial charge in [0.05, 0.1) is 0 Å². The summed E-state index contributed by atoms with van der Waals surface area (Å²) in [7, 11) is -0.218. The molecule has 0 aromatic carbocycles. The van der Waals surface area contributed by atoms with Gasteiger partial charge in [0, 0.05) is 10.3 Å². The highest BCUT2D eigenvalue weighted by Crippen LogP contribution is 2.30. The molecule has 15 heavy (non-hydrogen) atoms. The van der Waals surface area contributed by atoms with Gasteiger partial charge in [-0.25, -0.2) is 0 Å². The monoisotopic (exact) mass is 273 g/mol. The van der Waals surface area contributed by atoms with Crippen LogP contribution in [0, 0.1) is 0 Å². The Morgan fingerprint density at radius 1 is 1.67 bits per heavy atom. The maximum absolute atomic E-state index is 3.85. The fourth-order valence-electron chi connectivity index (χ4n) is 1.98. The largest absolute Gasteiger partial charge is 0.343 e. The molecule has 0 aliphatic carbocycles. The van der Waals surface area contributed by atoms with Gasteiger partial charge in [0.2, 0.25) is 8.40 Å². The van der Waals surface area contributed by atoms with Crippen molar-refractivity contribution < 1.29 is 0 Å². The molecule has 2 atom stereocenters. The number of thioether (sulfide) groups is 1. The van der Waals surface area contributed by atoms with E-state index in [1.54, 1.807) is 4.53 Å². The highest BCUT2D eigenvalue weighted by atomic mass is 32.2. The summed E-state index contributed by atoms with van der Waals surface area (Å²) in [5.41, 5.74) is 0. The zero-order valence-electron chi connectivity index (χ0n) is 9.58. The molecule has 0 spiro atoms. The van der Waals surface area contributed by atoms with E-state index in [0.717, 1.165) is 5.75 Å². The number of rotatable bonds is 1. The van der Waals surface area contributed by atoms with Crippen molar-refractivity contribution in [2.45, 2.75) is 13.1 Å². The Morgan fingerprint density at radius 2 is 2.47 bits per heavy atom. The van der Waals surface area contributed by atoms with Gasteiger partial charge in [-0.1, -0.05) is 18.2 Å². The van der Waals surface area contributed by atoms with E-state index in [9.17, 15) is 0 Å². The lowest BCUT2D eigenvalue weighted by Gasteiger charge is -2.46. The highest BCUT2D eigenvalue weighted by molar-refractivity contribution is 8.05. The summed E-state index contributed by atoms with van der Waals surface area (Å²) >= 11 is 2.02. The first-order valence-corrected chi connectivity index (χ1v) is 12.5. The van der Waals surface area contributed by atoms with E-state index in [2.05, 4.69) is 51.9 Å². The quantitative estimate of drug-likeness (QED) is 0.645. The predicted molar refractivity (Wildman–Crippen MR) is 76.9 cm³/mol. The lowest BCUT2D eigenvalue weighted by Crippen LogP contribution is -2.76. The first-order valence-electron chi connectivity index (χ1n) is 5.36. The molecule has 0 aromatic heterocycles. The Kier molecular flexibility index (Phi) is 3.71. The summed E-state index contributed by atoms with van der Waals surface area (Å²) in [6.45, 7) is 4.87. The molecule has 0 aromatic rings. The maximum atomic E-state index is 3.85. The maximum Gasteiger partial charge on any atom is 0.228 e. The minimum absolute atomic E-state index is 0.216. The van der Waals surface area contributed by atoms with Crippen LogP contribution >= 0.6 is 11.8 Å². The molecule has 0 bridgehead atoms. The molecule has 1 saturated heterocycles. The van der Waals surface area contributed by atoms with Gasteiger partial charge in [0.25, 0.3) is 0 Å². The van der Waals surface area contributed by atoms with Gasteiger partial charge in [-0.2, -0.15) is 0 Å². The molecule has 2 rings (SSSR count). The Balaban J connectivity index is 2.23. The molecule has 0 saturated carbocycles. The molecular formula is C8H19N3SSi3. The second kappa shape index (κ2) is 4.70. The smallest absolute Gasteiger partial charge is 0.228 e. The standard InChI is InChI=1S/C8H19N3SSi3/c1-11-14(2)9-13-10-15(11,3)8-6-4-5-7-12-8/h4-6,9-10,14H,7,13H2,1-3H3. The molecule has 84 valence electrons. The Bertz CT molecular complexity index is 310. The summed E-state index contributed by atoms with van der Waals surface area (Å²) in [6, 6.07) is 0. The van der Waals surface area contributed by atoms with Crippen LogP contribution in [0.1, 0.15) is 0 Å². The average Bonchev–Trinajstić information content (AvgIpc) is 2.27. The summed E-state index contributed by atoms with van der Waals surface area (Å²) in [5, 5.41) is 0. The van der Waals surface area contributed by atoms with Crippen LogP contribution in [0.5, 0.6) is 0 Å². The van der Waals surface area contributed by atoms with Crippen LogP contribution in [-0.4, -0.2) is 44.4 Å². The number of hydrogen-bond donors (Lipinski definition) is 2. The molecular weight excluding hydrogens is 254 g/mol. The van der Waals surface area contributed by atoms with E-state index in [-0.39, 0.29) is 9.84 Å². The van der Waals surface area contributed by atoms with Crippen molar-refractivity contribution in [1.82, 2.24) is 13.5 Å². The lowest BCUT2D eigenvalue weighted by molar-refractivity contribution is 0.740. The third kappa shape index (κ3) is 2.23. The van der Waals surface area contributed by atoms with Crippen LogP contribution in [-0.2, 0) is 0 Å². The lowest BCUT2D eigenvalue weighted by atomic mass is 10.5. The van der Waals surface area contributed by atoms with Gasteiger partial charge in [0.1, 0.15) is 0 Å². The Labute approximate surface area is 101 Å². The third-order valence-corrected chi connectivity index (χ3v) is 18.8. The minimum Gasteiger partial charge on any atom is -0.343 e. The van der Waals surface area contributed by atoms with Gasteiger partial charge in [-0.15, -0.1) is 11.8 Å². The van der Waals surface area contributed by atoms with Gasteiger partial charge in [-0.3, -0.25) is 0 Å². The summed E-state index contributed by atoms with van der Waals surface area (Å²) in [6.07, 6.45) is 6.78. The third-order valence-electron chi connectivity index (χ3n) is 3.31. The molecule has 2 heterocycles.